The number of fused-ring (bicyclic) bond motifs is 1. The van der Waals surface area contributed by atoms with Gasteiger partial charge in [-0.15, -0.1) is 0 Å². The van der Waals surface area contributed by atoms with Crippen LogP contribution in [-0.2, 0) is 6.54 Å². The van der Waals surface area contributed by atoms with Crippen LogP contribution in [0.2, 0.25) is 5.02 Å². The van der Waals surface area contributed by atoms with Gasteiger partial charge in [0, 0.05) is 17.3 Å². The molecule has 6 heteroatoms. The molecular formula is C20H20ClN3O2. The van der Waals surface area contributed by atoms with Crippen molar-refractivity contribution in [3.05, 3.63) is 68.1 Å². The Morgan fingerprint density at radius 2 is 1.81 bits per heavy atom. The quantitative estimate of drug-likeness (QED) is 0.750. The summed E-state index contributed by atoms with van der Waals surface area (Å²) in [6.07, 6.45) is 0. The molecule has 5 nitrogen and oxygen atoms in total. The maximum Gasteiger partial charge on any atom is 0.282 e. The molecule has 0 saturated carbocycles. The van der Waals surface area contributed by atoms with Crippen molar-refractivity contribution >= 4 is 34.2 Å². The van der Waals surface area contributed by atoms with Crippen LogP contribution in [0.25, 0.3) is 11.0 Å². The number of nitrogens with one attached hydrogen (secondary N) is 1. The van der Waals surface area contributed by atoms with Crippen LogP contribution in [0.3, 0.4) is 0 Å². The van der Waals surface area contributed by atoms with Crippen LogP contribution in [0.1, 0.15) is 34.1 Å². The fourth-order valence-electron chi connectivity index (χ4n) is 2.87. The van der Waals surface area contributed by atoms with Crippen LogP contribution in [0.15, 0.2) is 35.1 Å². The van der Waals surface area contributed by atoms with Crippen molar-refractivity contribution in [3.8, 4) is 0 Å². The Morgan fingerprint density at radius 1 is 1.12 bits per heavy atom. The second kappa shape index (κ2) is 6.92. The molecule has 1 heterocycles. The average Bonchev–Trinajstić information content (AvgIpc) is 2.59. The van der Waals surface area contributed by atoms with E-state index in [4.69, 9.17) is 11.6 Å². The van der Waals surface area contributed by atoms with Gasteiger partial charge in [-0.2, -0.15) is 0 Å². The predicted molar refractivity (Wildman–Crippen MR) is 105 cm³/mol. The zero-order valence-corrected chi connectivity index (χ0v) is 15.9. The summed E-state index contributed by atoms with van der Waals surface area (Å²) in [5, 5.41) is 3.26. The van der Waals surface area contributed by atoms with Crippen LogP contribution in [-0.4, -0.2) is 15.5 Å². The standard InChI is InChI=1S/C20H20ClN3O2/c1-5-24-17-9-13(4)12(3)8-16(17)22-18(20(24)26)19(25)23-15-10-14(21)7-6-11(15)2/h6-10H,5H2,1-4H3,(H,23,25). The van der Waals surface area contributed by atoms with Crippen molar-refractivity contribution in [2.45, 2.75) is 34.2 Å². The van der Waals surface area contributed by atoms with Gasteiger partial charge < -0.3 is 9.88 Å². The molecule has 2 aromatic carbocycles. The summed E-state index contributed by atoms with van der Waals surface area (Å²) >= 11 is 6.00. The number of carbonyl (C=O) groups is 1. The molecule has 0 radical (unpaired) electrons. The Kier molecular flexibility index (Phi) is 4.83. The first-order valence-electron chi connectivity index (χ1n) is 8.41. The highest BCUT2D eigenvalue weighted by molar-refractivity contribution is 6.31. The SMILES string of the molecule is CCn1c(=O)c(C(=O)Nc2cc(Cl)ccc2C)nc2cc(C)c(C)cc21. The highest BCUT2D eigenvalue weighted by atomic mass is 35.5. The molecule has 0 bridgehead atoms. The van der Waals surface area contributed by atoms with Gasteiger partial charge in [-0.3, -0.25) is 9.59 Å². The van der Waals surface area contributed by atoms with Gasteiger partial charge in [0.15, 0.2) is 5.69 Å². The average molecular weight is 370 g/mol. The third kappa shape index (κ3) is 3.22. The highest BCUT2D eigenvalue weighted by Crippen LogP contribution is 2.21. The van der Waals surface area contributed by atoms with Gasteiger partial charge >= 0.3 is 0 Å². The summed E-state index contributed by atoms with van der Waals surface area (Å²) in [4.78, 5) is 29.9. The molecule has 0 aliphatic heterocycles. The Balaban J connectivity index is 2.13. The Morgan fingerprint density at radius 3 is 2.50 bits per heavy atom. The minimum Gasteiger partial charge on any atom is -0.320 e. The van der Waals surface area contributed by atoms with Gasteiger partial charge in [-0.25, -0.2) is 4.98 Å². The first-order valence-corrected chi connectivity index (χ1v) is 8.79. The van der Waals surface area contributed by atoms with Crippen molar-refractivity contribution in [2.75, 3.05) is 5.32 Å². The summed E-state index contributed by atoms with van der Waals surface area (Å²) in [7, 11) is 0. The first-order chi connectivity index (χ1) is 12.3. The number of aryl methyl sites for hydroxylation is 4. The summed E-state index contributed by atoms with van der Waals surface area (Å²) in [6, 6.07) is 9.04. The molecule has 1 amide bonds. The number of amides is 1. The van der Waals surface area contributed by atoms with Crippen LogP contribution in [0.5, 0.6) is 0 Å². The van der Waals surface area contributed by atoms with E-state index in [0.717, 1.165) is 22.2 Å². The molecule has 134 valence electrons. The van der Waals surface area contributed by atoms with E-state index in [0.29, 0.717) is 22.8 Å². The van der Waals surface area contributed by atoms with E-state index in [1.54, 1.807) is 16.7 Å². The van der Waals surface area contributed by atoms with E-state index in [1.807, 2.05) is 45.9 Å². The lowest BCUT2D eigenvalue weighted by atomic mass is 10.1. The number of anilines is 1. The van der Waals surface area contributed by atoms with Gasteiger partial charge in [0.1, 0.15) is 0 Å². The van der Waals surface area contributed by atoms with Gasteiger partial charge in [0.25, 0.3) is 11.5 Å². The molecule has 1 N–H and O–H groups in total. The smallest absolute Gasteiger partial charge is 0.282 e. The maximum absolute atomic E-state index is 12.8. The van der Waals surface area contributed by atoms with E-state index < -0.39 is 11.5 Å². The minimum absolute atomic E-state index is 0.123. The molecule has 0 saturated heterocycles. The third-order valence-electron chi connectivity index (χ3n) is 4.54. The number of aromatic nitrogens is 2. The zero-order chi connectivity index (χ0) is 19.0. The summed E-state index contributed by atoms with van der Waals surface area (Å²) in [6.45, 7) is 8.15. The lowest BCUT2D eigenvalue weighted by Gasteiger charge is -2.13. The van der Waals surface area contributed by atoms with Crippen molar-refractivity contribution in [2.24, 2.45) is 0 Å². The normalized spacial score (nSPS) is 11.0. The third-order valence-corrected chi connectivity index (χ3v) is 4.78. The number of hydrogen-bond donors (Lipinski definition) is 1. The van der Waals surface area contributed by atoms with Crippen molar-refractivity contribution in [1.29, 1.82) is 0 Å². The van der Waals surface area contributed by atoms with Gasteiger partial charge in [0.2, 0.25) is 0 Å². The van der Waals surface area contributed by atoms with E-state index >= 15 is 0 Å². The molecule has 0 unspecified atom stereocenters. The van der Waals surface area contributed by atoms with Crippen LogP contribution in [0, 0.1) is 20.8 Å². The number of carbonyl (C=O) groups excluding carboxylic acids is 1. The molecule has 0 atom stereocenters. The number of rotatable bonds is 3. The largest absolute Gasteiger partial charge is 0.320 e. The predicted octanol–water partition coefficient (Wildman–Crippen LogP) is 4.25. The van der Waals surface area contributed by atoms with Crippen molar-refractivity contribution in [1.82, 2.24) is 9.55 Å². The van der Waals surface area contributed by atoms with Crippen LogP contribution < -0.4 is 10.9 Å². The van der Waals surface area contributed by atoms with E-state index in [1.165, 1.54) is 0 Å². The molecule has 0 spiro atoms. The van der Waals surface area contributed by atoms with Crippen molar-refractivity contribution < 1.29 is 4.79 Å². The second-order valence-corrected chi connectivity index (χ2v) is 6.78. The number of hydrogen-bond acceptors (Lipinski definition) is 3. The van der Waals surface area contributed by atoms with E-state index in [9.17, 15) is 9.59 Å². The van der Waals surface area contributed by atoms with Crippen LogP contribution >= 0.6 is 11.6 Å². The van der Waals surface area contributed by atoms with E-state index in [2.05, 4.69) is 10.3 Å². The van der Waals surface area contributed by atoms with Crippen LogP contribution in [0.4, 0.5) is 5.69 Å². The molecular weight excluding hydrogens is 350 g/mol. The fraction of sp³-hybridized carbons (Fsp3) is 0.250. The summed E-state index contributed by atoms with van der Waals surface area (Å²) < 4.78 is 1.58. The molecule has 26 heavy (non-hydrogen) atoms. The summed E-state index contributed by atoms with van der Waals surface area (Å²) in [5.41, 5.74) is 4.38. The number of benzene rings is 2. The van der Waals surface area contributed by atoms with Gasteiger partial charge in [-0.1, -0.05) is 17.7 Å². The van der Waals surface area contributed by atoms with Crippen molar-refractivity contribution in [3.63, 3.8) is 0 Å². The van der Waals surface area contributed by atoms with Gasteiger partial charge in [-0.05, 0) is 68.7 Å². The molecule has 3 aromatic rings. The van der Waals surface area contributed by atoms with E-state index in [-0.39, 0.29) is 5.69 Å². The fourth-order valence-corrected chi connectivity index (χ4v) is 3.04. The Labute approximate surface area is 156 Å². The molecule has 0 aliphatic carbocycles. The zero-order valence-electron chi connectivity index (χ0n) is 15.2. The number of nitrogens with zero attached hydrogens (tertiary/aromatic N) is 2. The Hall–Kier alpha value is -2.66. The highest BCUT2D eigenvalue weighted by Gasteiger charge is 2.18. The Bertz CT molecular complexity index is 1090. The topological polar surface area (TPSA) is 64.0 Å². The molecule has 0 aliphatic rings. The minimum atomic E-state index is -0.539. The molecule has 0 fully saturated rings. The molecule has 3 rings (SSSR count). The lowest BCUT2D eigenvalue weighted by Crippen LogP contribution is -2.31. The van der Waals surface area contributed by atoms with Gasteiger partial charge in [0.05, 0.1) is 11.0 Å². The second-order valence-electron chi connectivity index (χ2n) is 6.35. The number of halogens is 1. The molecule has 1 aromatic heterocycles. The lowest BCUT2D eigenvalue weighted by molar-refractivity contribution is 0.102. The monoisotopic (exact) mass is 369 g/mol. The maximum atomic E-state index is 12.8. The summed E-state index contributed by atoms with van der Waals surface area (Å²) in [5.74, 6) is -0.539. The first kappa shape index (κ1) is 18.1.